The Bertz CT molecular complexity index is 1070. The van der Waals surface area contributed by atoms with Crippen molar-refractivity contribution in [3.05, 3.63) is 57.3 Å². The fourth-order valence-corrected chi connectivity index (χ4v) is 4.76. The molecule has 0 amide bonds. The molecule has 1 atom stereocenters. The summed E-state index contributed by atoms with van der Waals surface area (Å²) in [4.78, 5) is 17.9. The molecule has 2 aliphatic rings. The van der Waals surface area contributed by atoms with Gasteiger partial charge < -0.3 is 9.88 Å². The van der Waals surface area contributed by atoms with Crippen LogP contribution in [0.3, 0.4) is 0 Å². The zero-order chi connectivity index (χ0) is 18.5. The van der Waals surface area contributed by atoms with Gasteiger partial charge in [0, 0.05) is 42.7 Å². The molecule has 1 N–H and O–H groups in total. The van der Waals surface area contributed by atoms with Crippen LogP contribution in [0.15, 0.2) is 29.1 Å². The third-order valence-electron chi connectivity index (χ3n) is 6.12. The molecule has 3 heterocycles. The molecule has 0 spiro atoms. The minimum absolute atomic E-state index is 0.0473. The number of hydrogen-bond acceptors (Lipinski definition) is 3. The van der Waals surface area contributed by atoms with Crippen molar-refractivity contribution in [2.75, 3.05) is 18.0 Å². The fourth-order valence-electron chi connectivity index (χ4n) is 4.76. The Morgan fingerprint density at radius 3 is 2.67 bits per heavy atom. The molecule has 27 heavy (non-hydrogen) atoms. The molecule has 1 aliphatic carbocycles. The maximum absolute atomic E-state index is 13.2. The quantitative estimate of drug-likeness (QED) is 0.757. The van der Waals surface area contributed by atoms with Gasteiger partial charge in [0.05, 0.1) is 5.69 Å². The van der Waals surface area contributed by atoms with Crippen LogP contribution >= 0.6 is 0 Å². The van der Waals surface area contributed by atoms with Gasteiger partial charge in [-0.05, 0) is 61.9 Å². The molecule has 1 fully saturated rings. The summed E-state index contributed by atoms with van der Waals surface area (Å²) in [5.41, 5.74) is 5.21. The summed E-state index contributed by atoms with van der Waals surface area (Å²) in [6, 6.07) is 6.71. The van der Waals surface area contributed by atoms with Gasteiger partial charge in [-0.1, -0.05) is 0 Å². The lowest BCUT2D eigenvalue weighted by Gasteiger charge is -2.19. The largest absolute Gasteiger partial charge is 0.371 e. The number of H-pyrrole nitrogens is 1. The van der Waals surface area contributed by atoms with Gasteiger partial charge in [-0.25, -0.2) is 4.39 Å². The summed E-state index contributed by atoms with van der Waals surface area (Å²) in [7, 11) is 1.91. The van der Waals surface area contributed by atoms with Crippen molar-refractivity contribution >= 4 is 16.7 Å². The maximum atomic E-state index is 13.2. The van der Waals surface area contributed by atoms with Gasteiger partial charge in [-0.3, -0.25) is 9.48 Å². The van der Waals surface area contributed by atoms with Crippen LogP contribution in [0.2, 0.25) is 0 Å². The van der Waals surface area contributed by atoms with E-state index in [0.29, 0.717) is 5.92 Å². The highest BCUT2D eigenvalue weighted by Gasteiger charge is 2.30. The van der Waals surface area contributed by atoms with Crippen LogP contribution in [-0.2, 0) is 19.9 Å². The van der Waals surface area contributed by atoms with E-state index in [1.165, 1.54) is 17.7 Å². The summed E-state index contributed by atoms with van der Waals surface area (Å²) < 4.78 is 15.0. The summed E-state index contributed by atoms with van der Waals surface area (Å²) in [5.74, 6) is 0.108. The number of nitrogens with zero attached hydrogens (tertiary/aromatic N) is 3. The van der Waals surface area contributed by atoms with Crippen molar-refractivity contribution in [1.29, 1.82) is 0 Å². The summed E-state index contributed by atoms with van der Waals surface area (Å²) >= 11 is 0. The first-order valence-electron chi connectivity index (χ1n) is 9.73. The van der Waals surface area contributed by atoms with Gasteiger partial charge in [0.15, 0.2) is 0 Å². The van der Waals surface area contributed by atoms with Gasteiger partial charge in [0.25, 0.3) is 5.56 Å². The monoisotopic (exact) mass is 366 g/mol. The normalized spacial score (nSPS) is 19.6. The number of aryl methyl sites for hydroxylation is 2. The number of nitrogens with one attached hydrogen (secondary N) is 1. The standard InChI is InChI=1S/C21H23FN4O/c1-25-20-18(16-4-2-3-5-17(16)21(27)23-20)19(24-25)13-10-11-26(12-13)15-8-6-14(22)7-9-15/h6-9,13H,2-5,10-12H2,1H3,(H,23,27)/t13-/m0/s1. The van der Waals surface area contributed by atoms with Crippen LogP contribution in [0.1, 0.15) is 42.0 Å². The van der Waals surface area contributed by atoms with Crippen LogP contribution in [-0.4, -0.2) is 27.9 Å². The molecule has 0 saturated carbocycles. The molecule has 5 rings (SSSR count). The molecule has 3 aromatic rings. The van der Waals surface area contributed by atoms with E-state index in [9.17, 15) is 9.18 Å². The Hall–Kier alpha value is -2.63. The van der Waals surface area contributed by atoms with Crippen LogP contribution < -0.4 is 10.5 Å². The third kappa shape index (κ3) is 2.66. The first-order valence-corrected chi connectivity index (χ1v) is 9.73. The Morgan fingerprint density at radius 2 is 1.89 bits per heavy atom. The van der Waals surface area contributed by atoms with Gasteiger partial charge in [0.2, 0.25) is 0 Å². The van der Waals surface area contributed by atoms with Crippen molar-refractivity contribution in [1.82, 2.24) is 14.8 Å². The number of halogens is 1. The first-order chi connectivity index (χ1) is 13.1. The second-order valence-electron chi connectivity index (χ2n) is 7.76. The highest BCUT2D eigenvalue weighted by Crippen LogP contribution is 2.36. The van der Waals surface area contributed by atoms with Crippen molar-refractivity contribution in [2.45, 2.75) is 38.0 Å². The molecule has 6 heteroatoms. The summed E-state index contributed by atoms with van der Waals surface area (Å²) in [6.07, 6.45) is 5.05. The number of rotatable bonds is 2. The molecule has 1 aromatic carbocycles. The molecule has 0 bridgehead atoms. The second-order valence-corrected chi connectivity index (χ2v) is 7.76. The van der Waals surface area contributed by atoms with Gasteiger partial charge >= 0.3 is 0 Å². The molecule has 140 valence electrons. The molecule has 2 aromatic heterocycles. The van der Waals surface area contributed by atoms with Gasteiger partial charge in [-0.2, -0.15) is 5.10 Å². The van der Waals surface area contributed by atoms with Crippen molar-refractivity contribution in [2.24, 2.45) is 7.05 Å². The van der Waals surface area contributed by atoms with Crippen molar-refractivity contribution < 1.29 is 4.39 Å². The maximum Gasteiger partial charge on any atom is 0.253 e. The topological polar surface area (TPSA) is 53.9 Å². The number of pyridine rings is 1. The van der Waals surface area contributed by atoms with Gasteiger partial charge in [-0.15, -0.1) is 0 Å². The average molecular weight is 366 g/mol. The lowest BCUT2D eigenvalue weighted by Crippen LogP contribution is -2.20. The molecule has 1 saturated heterocycles. The zero-order valence-electron chi connectivity index (χ0n) is 15.5. The number of hydrogen-bond donors (Lipinski definition) is 1. The summed E-state index contributed by atoms with van der Waals surface area (Å²) in [5, 5.41) is 5.99. The van der Waals surface area contributed by atoms with E-state index in [2.05, 4.69) is 9.88 Å². The smallest absolute Gasteiger partial charge is 0.253 e. The van der Waals surface area contributed by atoms with Crippen molar-refractivity contribution in [3.63, 3.8) is 0 Å². The number of fused-ring (bicyclic) bond motifs is 3. The third-order valence-corrected chi connectivity index (χ3v) is 6.12. The Kier molecular flexibility index (Phi) is 3.81. The first kappa shape index (κ1) is 16.5. The number of aromatic nitrogens is 3. The van der Waals surface area contributed by atoms with Crippen LogP contribution in [0.4, 0.5) is 10.1 Å². The SMILES string of the molecule is Cn1nc([C@H]2CCN(c3ccc(F)cc3)C2)c2c3c(c(=O)[nH]c21)CCCC3. The van der Waals surface area contributed by atoms with E-state index >= 15 is 0 Å². The lowest BCUT2D eigenvalue weighted by atomic mass is 9.88. The molecule has 5 nitrogen and oxygen atoms in total. The zero-order valence-corrected chi connectivity index (χ0v) is 15.5. The Labute approximate surface area is 156 Å². The van der Waals surface area contributed by atoms with E-state index in [0.717, 1.165) is 73.2 Å². The van der Waals surface area contributed by atoms with Crippen molar-refractivity contribution in [3.8, 4) is 0 Å². The lowest BCUT2D eigenvalue weighted by molar-refractivity contribution is 0.627. The van der Waals surface area contributed by atoms with E-state index in [1.807, 2.05) is 23.9 Å². The highest BCUT2D eigenvalue weighted by atomic mass is 19.1. The second kappa shape index (κ2) is 6.22. The molecule has 0 radical (unpaired) electrons. The Balaban J connectivity index is 1.56. The van der Waals surface area contributed by atoms with Crippen LogP contribution in [0.25, 0.3) is 11.0 Å². The highest BCUT2D eigenvalue weighted by molar-refractivity contribution is 5.84. The van der Waals surface area contributed by atoms with Gasteiger partial charge in [0.1, 0.15) is 11.5 Å². The predicted molar refractivity (Wildman–Crippen MR) is 104 cm³/mol. The van der Waals surface area contributed by atoms with E-state index < -0.39 is 0 Å². The molecule has 1 aliphatic heterocycles. The van der Waals surface area contributed by atoms with E-state index in [4.69, 9.17) is 5.10 Å². The number of anilines is 1. The van der Waals surface area contributed by atoms with E-state index in [1.54, 1.807) is 0 Å². The van der Waals surface area contributed by atoms with Crippen LogP contribution in [0.5, 0.6) is 0 Å². The predicted octanol–water partition coefficient (Wildman–Crippen LogP) is 3.27. The molecular formula is C21H23FN4O. The van der Waals surface area contributed by atoms with E-state index in [-0.39, 0.29) is 11.4 Å². The van der Waals surface area contributed by atoms with Crippen LogP contribution in [0, 0.1) is 5.82 Å². The minimum atomic E-state index is -0.208. The number of aromatic amines is 1. The average Bonchev–Trinajstić information content (AvgIpc) is 3.28. The number of benzene rings is 1. The molecular weight excluding hydrogens is 343 g/mol. The summed E-state index contributed by atoms with van der Waals surface area (Å²) in [6.45, 7) is 1.80. The Morgan fingerprint density at radius 1 is 1.15 bits per heavy atom. The fraction of sp³-hybridized carbons (Fsp3) is 0.429. The minimum Gasteiger partial charge on any atom is -0.371 e. The molecule has 0 unspecified atom stereocenters.